The monoisotopic (exact) mass is 383 g/mol. The highest BCUT2D eigenvalue weighted by atomic mass is 19.1. The van der Waals surface area contributed by atoms with Gasteiger partial charge in [-0.25, -0.2) is 19.3 Å². The molecule has 3 aliphatic heterocycles. The molecule has 1 saturated heterocycles. The average molecular weight is 383 g/mol. The first-order chi connectivity index (χ1) is 13.5. The molecule has 5 rings (SSSR count). The normalized spacial score (nSPS) is 28.9. The highest BCUT2D eigenvalue weighted by Gasteiger charge is 2.55. The third-order valence-corrected chi connectivity index (χ3v) is 5.64. The number of fused-ring (bicyclic) bond motifs is 2. The van der Waals surface area contributed by atoms with Gasteiger partial charge in [-0.3, -0.25) is 0 Å². The predicted molar refractivity (Wildman–Crippen MR) is 102 cm³/mol. The highest BCUT2D eigenvalue weighted by molar-refractivity contribution is 5.79. The first kappa shape index (κ1) is 17.5. The lowest BCUT2D eigenvalue weighted by Gasteiger charge is -2.46. The van der Waals surface area contributed by atoms with E-state index in [2.05, 4.69) is 0 Å². The maximum atomic E-state index is 13.7. The van der Waals surface area contributed by atoms with Crippen molar-refractivity contribution in [2.75, 3.05) is 20.3 Å². The van der Waals surface area contributed by atoms with Gasteiger partial charge in [-0.1, -0.05) is 18.2 Å². The second-order valence-electron chi connectivity index (χ2n) is 7.68. The number of hydrogen-bond donors (Lipinski definition) is 1. The molecule has 0 aromatic heterocycles. The van der Waals surface area contributed by atoms with E-state index in [9.17, 15) is 4.39 Å². The summed E-state index contributed by atoms with van der Waals surface area (Å²) in [7, 11) is 1.74. The minimum absolute atomic E-state index is 0.279. The van der Waals surface area contributed by atoms with E-state index in [1.54, 1.807) is 13.1 Å². The standard InChI is InChI=1S/C21H22FN3O3/c1-25-19(23)24-21(28-25)12-20(8-3-9-26-13-20)27-18-7-6-15(11-17(18)21)14-4-2-5-16(22)10-14/h2,4-7,10-11H,3,8-9,12-13H2,1H3,(H2,23,24). The first-order valence-electron chi connectivity index (χ1n) is 9.44. The van der Waals surface area contributed by atoms with Gasteiger partial charge in [-0.2, -0.15) is 0 Å². The third-order valence-electron chi connectivity index (χ3n) is 5.64. The van der Waals surface area contributed by atoms with E-state index < -0.39 is 11.3 Å². The van der Waals surface area contributed by atoms with Gasteiger partial charge < -0.3 is 15.2 Å². The fourth-order valence-electron chi connectivity index (χ4n) is 4.35. The minimum atomic E-state index is -0.976. The van der Waals surface area contributed by atoms with Gasteiger partial charge in [0.25, 0.3) is 0 Å². The molecule has 2 atom stereocenters. The summed E-state index contributed by atoms with van der Waals surface area (Å²) in [5, 5.41) is 1.49. The fourth-order valence-corrected chi connectivity index (χ4v) is 4.35. The second-order valence-corrected chi connectivity index (χ2v) is 7.68. The molecule has 0 bridgehead atoms. The quantitative estimate of drug-likeness (QED) is 0.819. The number of nitrogens with zero attached hydrogens (tertiary/aromatic N) is 2. The molecule has 2 spiro atoms. The number of nitrogens with two attached hydrogens (primary N) is 1. The number of halogens is 1. The molecular formula is C21H22FN3O3. The maximum Gasteiger partial charge on any atom is 0.222 e. The Kier molecular flexibility index (Phi) is 3.86. The van der Waals surface area contributed by atoms with Crippen LogP contribution in [-0.4, -0.2) is 36.9 Å². The first-order valence-corrected chi connectivity index (χ1v) is 9.44. The number of guanidine groups is 1. The Balaban J connectivity index is 1.64. The molecule has 0 amide bonds. The van der Waals surface area contributed by atoms with Crippen molar-refractivity contribution >= 4 is 5.96 Å². The highest BCUT2D eigenvalue weighted by Crippen LogP contribution is 2.51. The van der Waals surface area contributed by atoms with Crippen LogP contribution >= 0.6 is 0 Å². The summed E-state index contributed by atoms with van der Waals surface area (Å²) in [4.78, 5) is 10.9. The molecule has 0 aliphatic carbocycles. The summed E-state index contributed by atoms with van der Waals surface area (Å²) in [5.74, 6) is 0.734. The summed E-state index contributed by atoms with van der Waals surface area (Å²) in [5.41, 5.74) is 7.02. The molecule has 3 aliphatic rings. The van der Waals surface area contributed by atoms with Crippen LogP contribution in [0.3, 0.4) is 0 Å². The lowest BCUT2D eigenvalue weighted by molar-refractivity contribution is -0.216. The van der Waals surface area contributed by atoms with Crippen molar-refractivity contribution < 1.29 is 18.7 Å². The minimum Gasteiger partial charge on any atom is -0.484 e. The van der Waals surface area contributed by atoms with Crippen LogP contribution in [0, 0.1) is 5.82 Å². The van der Waals surface area contributed by atoms with Gasteiger partial charge in [0.05, 0.1) is 12.2 Å². The zero-order valence-corrected chi connectivity index (χ0v) is 15.7. The lowest BCUT2D eigenvalue weighted by atomic mass is 9.80. The molecule has 3 heterocycles. The van der Waals surface area contributed by atoms with Gasteiger partial charge in [0.1, 0.15) is 17.2 Å². The van der Waals surface area contributed by atoms with Gasteiger partial charge in [-0.15, -0.1) is 0 Å². The Morgan fingerprint density at radius 2 is 2.04 bits per heavy atom. The van der Waals surface area contributed by atoms with E-state index >= 15 is 0 Å². The molecule has 2 N–H and O–H groups in total. The van der Waals surface area contributed by atoms with Gasteiger partial charge in [0.15, 0.2) is 0 Å². The third kappa shape index (κ3) is 2.73. The van der Waals surface area contributed by atoms with Crippen molar-refractivity contribution in [3.63, 3.8) is 0 Å². The summed E-state index contributed by atoms with van der Waals surface area (Å²) in [6, 6.07) is 12.3. The van der Waals surface area contributed by atoms with Gasteiger partial charge in [0, 0.05) is 20.1 Å². The topological polar surface area (TPSA) is 69.3 Å². The Morgan fingerprint density at radius 1 is 1.18 bits per heavy atom. The summed E-state index contributed by atoms with van der Waals surface area (Å²) in [6.07, 6.45) is 2.29. The lowest BCUT2D eigenvalue weighted by Crippen LogP contribution is -2.53. The number of hydrogen-bond acceptors (Lipinski definition) is 6. The molecule has 1 fully saturated rings. The molecule has 28 heavy (non-hydrogen) atoms. The van der Waals surface area contributed by atoms with Crippen LogP contribution in [0.1, 0.15) is 24.8 Å². The van der Waals surface area contributed by atoms with Crippen molar-refractivity contribution in [1.29, 1.82) is 0 Å². The van der Waals surface area contributed by atoms with Gasteiger partial charge >= 0.3 is 0 Å². The van der Waals surface area contributed by atoms with E-state index in [0.717, 1.165) is 36.1 Å². The number of hydroxylamine groups is 2. The van der Waals surface area contributed by atoms with Crippen LogP contribution in [0.2, 0.25) is 0 Å². The van der Waals surface area contributed by atoms with Crippen molar-refractivity contribution in [3.05, 3.63) is 53.8 Å². The molecular weight excluding hydrogens is 361 g/mol. The Hall–Kier alpha value is -2.64. The van der Waals surface area contributed by atoms with Gasteiger partial charge in [0.2, 0.25) is 11.7 Å². The number of rotatable bonds is 1. The predicted octanol–water partition coefficient (Wildman–Crippen LogP) is 3.17. The molecule has 0 saturated carbocycles. The van der Waals surface area contributed by atoms with E-state index in [1.165, 1.54) is 17.2 Å². The van der Waals surface area contributed by atoms with E-state index in [-0.39, 0.29) is 5.82 Å². The van der Waals surface area contributed by atoms with E-state index in [4.69, 9.17) is 25.0 Å². The summed E-state index contributed by atoms with van der Waals surface area (Å²) in [6.45, 7) is 1.22. The number of aliphatic imine (C=N–C) groups is 1. The molecule has 7 heteroatoms. The Bertz CT molecular complexity index is 958. The summed E-state index contributed by atoms with van der Waals surface area (Å²) >= 11 is 0. The van der Waals surface area contributed by atoms with Crippen LogP contribution in [-0.2, 0) is 15.3 Å². The van der Waals surface area contributed by atoms with E-state index in [1.807, 2.05) is 24.3 Å². The zero-order valence-electron chi connectivity index (χ0n) is 15.7. The van der Waals surface area contributed by atoms with Gasteiger partial charge in [-0.05, 0) is 48.2 Å². The molecule has 6 nitrogen and oxygen atoms in total. The number of benzene rings is 2. The van der Waals surface area contributed by atoms with Crippen molar-refractivity contribution in [1.82, 2.24) is 5.06 Å². The average Bonchev–Trinajstić information content (AvgIpc) is 2.96. The van der Waals surface area contributed by atoms with Crippen LogP contribution in [0.5, 0.6) is 5.75 Å². The van der Waals surface area contributed by atoms with Crippen molar-refractivity contribution in [2.45, 2.75) is 30.6 Å². The molecule has 146 valence electrons. The summed E-state index contributed by atoms with van der Waals surface area (Å²) < 4.78 is 25.9. The van der Waals surface area contributed by atoms with Crippen molar-refractivity contribution in [2.24, 2.45) is 10.7 Å². The van der Waals surface area contributed by atoms with Crippen molar-refractivity contribution in [3.8, 4) is 16.9 Å². The Morgan fingerprint density at radius 3 is 2.75 bits per heavy atom. The van der Waals surface area contributed by atoms with Crippen LogP contribution in [0.15, 0.2) is 47.5 Å². The Labute approximate surface area is 162 Å². The second kappa shape index (κ2) is 6.18. The SMILES string of the molecule is CN1OC2(CC3(CCCOC3)Oc3ccc(-c4cccc(F)c4)cc32)N=C1N. The largest absolute Gasteiger partial charge is 0.484 e. The zero-order chi connectivity index (χ0) is 19.4. The maximum absolute atomic E-state index is 13.7. The number of ether oxygens (including phenoxy) is 2. The van der Waals surface area contributed by atoms with Crippen LogP contribution < -0.4 is 10.5 Å². The smallest absolute Gasteiger partial charge is 0.222 e. The van der Waals surface area contributed by atoms with E-state index in [0.29, 0.717) is 24.7 Å². The molecule has 2 aromatic carbocycles. The van der Waals surface area contributed by atoms with Crippen LogP contribution in [0.25, 0.3) is 11.1 Å². The molecule has 0 radical (unpaired) electrons. The molecule has 2 unspecified atom stereocenters. The van der Waals surface area contributed by atoms with Crippen LogP contribution in [0.4, 0.5) is 4.39 Å². The fraction of sp³-hybridized carbons (Fsp3) is 0.381. The molecule has 2 aromatic rings.